The molecule has 172 valence electrons. The number of benzene rings is 3. The molecule has 0 spiro atoms. The van der Waals surface area contributed by atoms with Gasteiger partial charge in [-0.1, -0.05) is 23.7 Å². The first kappa shape index (κ1) is 22.8. The minimum absolute atomic E-state index is 0.116. The van der Waals surface area contributed by atoms with E-state index >= 15 is 0 Å². The molecule has 0 unspecified atom stereocenters. The van der Waals surface area contributed by atoms with Crippen LogP contribution in [0.15, 0.2) is 66.7 Å². The van der Waals surface area contributed by atoms with Gasteiger partial charge in [0, 0.05) is 10.7 Å². The van der Waals surface area contributed by atoms with Gasteiger partial charge in [-0.25, -0.2) is 0 Å². The number of ether oxygens (including phenoxy) is 3. The molecular weight excluding hydrogens is 459 g/mol. The fourth-order valence-corrected chi connectivity index (χ4v) is 3.84. The maximum absolute atomic E-state index is 13.3. The molecule has 1 aliphatic rings. The minimum Gasteiger partial charge on any atom is -0.493 e. The molecule has 1 amide bonds. The summed E-state index contributed by atoms with van der Waals surface area (Å²) in [6, 6.07) is 15.5. The summed E-state index contributed by atoms with van der Waals surface area (Å²) in [6.07, 6.45) is -5.50. The highest BCUT2D eigenvalue weighted by Gasteiger charge is 2.51. The number of halogens is 4. The molecular formula is C24H19ClF3NO4. The predicted molar refractivity (Wildman–Crippen MR) is 117 cm³/mol. The highest BCUT2D eigenvalue weighted by Crippen LogP contribution is 2.44. The van der Waals surface area contributed by atoms with E-state index in [2.05, 4.69) is 0 Å². The molecule has 5 nitrogen and oxygen atoms in total. The number of nitrogens with zero attached hydrogens (tertiary/aromatic N) is 1. The lowest BCUT2D eigenvalue weighted by Crippen LogP contribution is -2.61. The number of methoxy groups -OCH3 is 2. The molecule has 0 aromatic heterocycles. The molecule has 0 bridgehead atoms. The molecule has 9 heteroatoms. The van der Waals surface area contributed by atoms with Crippen LogP contribution in [0.4, 0.5) is 18.9 Å². The van der Waals surface area contributed by atoms with Crippen molar-refractivity contribution in [3.8, 4) is 17.2 Å². The second-order valence-corrected chi connectivity index (χ2v) is 7.74. The van der Waals surface area contributed by atoms with Gasteiger partial charge in [-0.15, -0.1) is 0 Å². The Balaban J connectivity index is 1.75. The summed E-state index contributed by atoms with van der Waals surface area (Å²) in [4.78, 5) is 14.4. The van der Waals surface area contributed by atoms with E-state index < -0.39 is 29.8 Å². The summed E-state index contributed by atoms with van der Waals surface area (Å²) < 4.78 is 56.4. The van der Waals surface area contributed by atoms with Gasteiger partial charge >= 0.3 is 6.18 Å². The molecule has 0 aliphatic carbocycles. The standard InChI is InChI=1S/C24H19ClF3NO4/c1-31-19-11-6-14(12-20(19)32-2)21-22(33-18-9-7-16(25)8-10-18)23(30)29(21)17-5-3-4-15(13-17)24(26,27)28/h3-13,21-22H,1-2H3/t21-,22-/m1/s1. The fraction of sp³-hybridized carbons (Fsp3) is 0.208. The van der Waals surface area contributed by atoms with Crippen molar-refractivity contribution < 1.29 is 32.2 Å². The summed E-state index contributed by atoms with van der Waals surface area (Å²) in [5.74, 6) is 0.840. The van der Waals surface area contributed by atoms with Crippen molar-refractivity contribution in [3.63, 3.8) is 0 Å². The Morgan fingerprint density at radius 1 is 0.909 bits per heavy atom. The Hall–Kier alpha value is -3.39. The average Bonchev–Trinajstić information content (AvgIpc) is 2.81. The molecule has 33 heavy (non-hydrogen) atoms. The van der Waals surface area contributed by atoms with Gasteiger partial charge in [0.1, 0.15) is 11.8 Å². The van der Waals surface area contributed by atoms with Gasteiger partial charge < -0.3 is 14.2 Å². The smallest absolute Gasteiger partial charge is 0.416 e. The number of carbonyl (C=O) groups excluding carboxylic acids is 1. The molecule has 4 rings (SSSR count). The van der Waals surface area contributed by atoms with E-state index in [1.54, 1.807) is 42.5 Å². The lowest BCUT2D eigenvalue weighted by molar-refractivity contribution is -0.138. The van der Waals surface area contributed by atoms with E-state index in [1.165, 1.54) is 31.3 Å². The van der Waals surface area contributed by atoms with Crippen LogP contribution >= 0.6 is 11.6 Å². The maximum Gasteiger partial charge on any atom is 0.416 e. The third-order valence-corrected chi connectivity index (χ3v) is 5.58. The van der Waals surface area contributed by atoms with Gasteiger partial charge in [-0.3, -0.25) is 9.69 Å². The number of carbonyl (C=O) groups is 1. The topological polar surface area (TPSA) is 48.0 Å². The third kappa shape index (κ3) is 4.43. The second-order valence-electron chi connectivity index (χ2n) is 7.31. The van der Waals surface area contributed by atoms with Crippen molar-refractivity contribution in [3.05, 3.63) is 82.9 Å². The normalized spacial score (nSPS) is 18.0. The van der Waals surface area contributed by atoms with E-state index in [4.69, 9.17) is 25.8 Å². The number of amides is 1. The monoisotopic (exact) mass is 477 g/mol. The molecule has 2 atom stereocenters. The first-order valence-corrected chi connectivity index (χ1v) is 10.2. The van der Waals surface area contributed by atoms with Gasteiger partial charge in [-0.2, -0.15) is 13.2 Å². The van der Waals surface area contributed by atoms with Crippen LogP contribution < -0.4 is 19.1 Å². The van der Waals surface area contributed by atoms with Crippen LogP contribution in [0.3, 0.4) is 0 Å². The predicted octanol–water partition coefficient (Wildman–Crippen LogP) is 5.91. The first-order chi connectivity index (χ1) is 15.7. The van der Waals surface area contributed by atoms with E-state index in [0.29, 0.717) is 27.8 Å². The zero-order valence-electron chi connectivity index (χ0n) is 17.6. The maximum atomic E-state index is 13.3. The van der Waals surface area contributed by atoms with Crippen LogP contribution in [0.25, 0.3) is 0 Å². The molecule has 0 N–H and O–H groups in total. The summed E-state index contributed by atoms with van der Waals surface area (Å²) in [6.45, 7) is 0. The number of anilines is 1. The number of hydrogen-bond acceptors (Lipinski definition) is 4. The summed E-state index contributed by atoms with van der Waals surface area (Å²) in [7, 11) is 2.96. The molecule has 0 radical (unpaired) electrons. The molecule has 1 saturated heterocycles. The summed E-state index contributed by atoms with van der Waals surface area (Å²) >= 11 is 5.92. The van der Waals surface area contributed by atoms with Crippen LogP contribution in [-0.2, 0) is 11.0 Å². The summed E-state index contributed by atoms with van der Waals surface area (Å²) in [5, 5.41) is 0.504. The molecule has 3 aromatic rings. The van der Waals surface area contributed by atoms with E-state index in [1.807, 2.05) is 0 Å². The SMILES string of the molecule is COc1ccc([C@@H]2[C@@H](Oc3ccc(Cl)cc3)C(=O)N2c2cccc(C(F)(F)F)c2)cc1OC. The van der Waals surface area contributed by atoms with Gasteiger partial charge in [-0.05, 0) is 60.2 Å². The minimum atomic E-state index is -4.54. The Bertz CT molecular complexity index is 1170. The first-order valence-electron chi connectivity index (χ1n) is 9.87. The van der Waals surface area contributed by atoms with E-state index in [9.17, 15) is 18.0 Å². The molecule has 0 saturated carbocycles. The van der Waals surface area contributed by atoms with Gasteiger partial charge in [0.25, 0.3) is 5.91 Å². The molecule has 1 fully saturated rings. The highest BCUT2D eigenvalue weighted by atomic mass is 35.5. The van der Waals surface area contributed by atoms with Gasteiger partial charge in [0.2, 0.25) is 6.10 Å². The third-order valence-electron chi connectivity index (χ3n) is 5.32. The van der Waals surface area contributed by atoms with Crippen molar-refractivity contribution >= 4 is 23.2 Å². The van der Waals surface area contributed by atoms with Crippen LogP contribution in [0.5, 0.6) is 17.2 Å². The van der Waals surface area contributed by atoms with E-state index in [-0.39, 0.29) is 5.69 Å². The van der Waals surface area contributed by atoms with Gasteiger partial charge in [0.15, 0.2) is 11.5 Å². The molecule has 1 aliphatic heterocycles. The van der Waals surface area contributed by atoms with Crippen molar-refractivity contribution in [2.75, 3.05) is 19.1 Å². The van der Waals surface area contributed by atoms with Crippen molar-refractivity contribution in [2.24, 2.45) is 0 Å². The largest absolute Gasteiger partial charge is 0.493 e. The fourth-order valence-electron chi connectivity index (χ4n) is 3.72. The molecule has 3 aromatic carbocycles. The van der Waals surface area contributed by atoms with Crippen LogP contribution in [0.2, 0.25) is 5.02 Å². The number of β-lactam (4-membered cyclic amide) rings is 1. The Morgan fingerprint density at radius 3 is 2.24 bits per heavy atom. The van der Waals surface area contributed by atoms with E-state index in [0.717, 1.165) is 12.1 Å². The number of rotatable bonds is 6. The van der Waals surface area contributed by atoms with Crippen LogP contribution in [-0.4, -0.2) is 26.2 Å². The Labute approximate surface area is 193 Å². The lowest BCUT2D eigenvalue weighted by Gasteiger charge is -2.46. The Kier molecular flexibility index (Phi) is 6.12. The Morgan fingerprint density at radius 2 is 1.61 bits per heavy atom. The van der Waals surface area contributed by atoms with Crippen LogP contribution in [0, 0.1) is 0 Å². The summed E-state index contributed by atoms with van der Waals surface area (Å²) in [5.41, 5.74) is -0.116. The average molecular weight is 478 g/mol. The highest BCUT2D eigenvalue weighted by molar-refractivity contribution is 6.30. The zero-order valence-corrected chi connectivity index (χ0v) is 18.4. The van der Waals surface area contributed by atoms with Crippen molar-refractivity contribution in [1.82, 2.24) is 0 Å². The number of alkyl halides is 3. The lowest BCUT2D eigenvalue weighted by atomic mass is 9.89. The quantitative estimate of drug-likeness (QED) is 0.414. The van der Waals surface area contributed by atoms with Crippen molar-refractivity contribution in [1.29, 1.82) is 0 Å². The van der Waals surface area contributed by atoms with Crippen molar-refractivity contribution in [2.45, 2.75) is 18.3 Å². The second kappa shape index (κ2) is 8.86. The zero-order chi connectivity index (χ0) is 23.8. The van der Waals surface area contributed by atoms with Crippen LogP contribution in [0.1, 0.15) is 17.2 Å². The number of hydrogen-bond donors (Lipinski definition) is 0. The molecule has 1 heterocycles. The van der Waals surface area contributed by atoms with Gasteiger partial charge in [0.05, 0.1) is 19.8 Å².